The van der Waals surface area contributed by atoms with Crippen molar-refractivity contribution in [3.8, 4) is 5.75 Å². The van der Waals surface area contributed by atoms with Gasteiger partial charge in [0.2, 0.25) is 0 Å². The van der Waals surface area contributed by atoms with Gasteiger partial charge in [-0.15, -0.1) is 0 Å². The molecule has 1 saturated carbocycles. The maximum absolute atomic E-state index is 10.9. The highest BCUT2D eigenvalue weighted by Gasteiger charge is 2.31. The van der Waals surface area contributed by atoms with Gasteiger partial charge in [-0.3, -0.25) is 0 Å². The van der Waals surface area contributed by atoms with Crippen LogP contribution in [-0.4, -0.2) is 5.11 Å². The molecule has 0 heterocycles. The van der Waals surface area contributed by atoms with Crippen molar-refractivity contribution >= 4 is 10.8 Å². The first-order valence-electron chi connectivity index (χ1n) is 9.16. The number of ether oxygens (including phenoxy) is 1. The molecular weight excluding hydrogens is 308 g/mol. The van der Waals surface area contributed by atoms with E-state index in [4.69, 9.17) is 4.74 Å². The van der Waals surface area contributed by atoms with Crippen molar-refractivity contribution < 1.29 is 9.84 Å². The molecule has 0 bridgehead atoms. The Balaban J connectivity index is 1.49. The summed E-state index contributed by atoms with van der Waals surface area (Å²) in [6.07, 6.45) is 5.11. The number of hydrogen-bond donors (Lipinski definition) is 1. The molecule has 2 nitrogen and oxygen atoms in total. The van der Waals surface area contributed by atoms with Crippen molar-refractivity contribution in [1.82, 2.24) is 0 Å². The fourth-order valence-corrected chi connectivity index (χ4v) is 3.80. The largest absolute Gasteiger partial charge is 0.489 e. The standard InChI is InChI=1S/C23H24O2/c24-23(13-4-1-5-14-23)21-9-6-10-22(16-21)25-17-18-11-12-19-7-2-3-8-20(19)15-18/h2-3,6-12,15-16,24H,1,4-5,13-14,17H2. The zero-order valence-electron chi connectivity index (χ0n) is 14.4. The van der Waals surface area contributed by atoms with E-state index in [1.165, 1.54) is 17.2 Å². The summed E-state index contributed by atoms with van der Waals surface area (Å²) in [5.74, 6) is 0.824. The van der Waals surface area contributed by atoms with Crippen LogP contribution in [0.15, 0.2) is 66.7 Å². The summed E-state index contributed by atoms with van der Waals surface area (Å²) < 4.78 is 6.01. The van der Waals surface area contributed by atoms with Crippen LogP contribution in [-0.2, 0) is 12.2 Å². The molecule has 25 heavy (non-hydrogen) atoms. The summed E-state index contributed by atoms with van der Waals surface area (Å²) in [5, 5.41) is 13.4. The van der Waals surface area contributed by atoms with Gasteiger partial charge in [0, 0.05) is 0 Å². The summed E-state index contributed by atoms with van der Waals surface area (Å²) in [7, 11) is 0. The number of hydrogen-bond acceptors (Lipinski definition) is 2. The molecule has 0 saturated heterocycles. The minimum atomic E-state index is -0.680. The molecule has 0 radical (unpaired) electrons. The highest BCUT2D eigenvalue weighted by atomic mass is 16.5. The molecular formula is C23H24O2. The maximum atomic E-state index is 10.9. The summed E-state index contributed by atoms with van der Waals surface area (Å²) in [6.45, 7) is 0.534. The molecule has 1 N–H and O–H groups in total. The van der Waals surface area contributed by atoms with E-state index in [-0.39, 0.29) is 0 Å². The molecule has 3 aromatic rings. The zero-order valence-corrected chi connectivity index (χ0v) is 14.4. The van der Waals surface area contributed by atoms with Crippen LogP contribution in [0, 0.1) is 0 Å². The molecule has 1 aliphatic rings. The molecule has 1 aliphatic carbocycles. The lowest BCUT2D eigenvalue weighted by Crippen LogP contribution is -2.28. The highest BCUT2D eigenvalue weighted by Crippen LogP contribution is 2.38. The Morgan fingerprint density at radius 3 is 2.44 bits per heavy atom. The van der Waals surface area contributed by atoms with Crippen molar-refractivity contribution in [2.24, 2.45) is 0 Å². The Morgan fingerprint density at radius 2 is 1.60 bits per heavy atom. The Hall–Kier alpha value is -2.32. The molecule has 4 rings (SSSR count). The van der Waals surface area contributed by atoms with Crippen LogP contribution in [0.3, 0.4) is 0 Å². The second-order valence-electron chi connectivity index (χ2n) is 7.09. The van der Waals surface area contributed by atoms with Crippen LogP contribution in [0.2, 0.25) is 0 Å². The van der Waals surface area contributed by atoms with Crippen LogP contribution in [0.25, 0.3) is 10.8 Å². The van der Waals surface area contributed by atoms with Crippen LogP contribution >= 0.6 is 0 Å². The van der Waals surface area contributed by atoms with Gasteiger partial charge in [-0.05, 0) is 52.9 Å². The van der Waals surface area contributed by atoms with Crippen LogP contribution in [0.5, 0.6) is 5.75 Å². The van der Waals surface area contributed by atoms with Gasteiger partial charge in [0.25, 0.3) is 0 Å². The first-order chi connectivity index (χ1) is 12.2. The van der Waals surface area contributed by atoms with Gasteiger partial charge in [0.15, 0.2) is 0 Å². The fourth-order valence-electron chi connectivity index (χ4n) is 3.80. The third-order valence-corrected chi connectivity index (χ3v) is 5.27. The molecule has 0 unspecified atom stereocenters. The summed E-state index contributed by atoms with van der Waals surface area (Å²) in [6, 6.07) is 22.8. The van der Waals surface area contributed by atoms with Gasteiger partial charge < -0.3 is 9.84 Å². The molecule has 2 heteroatoms. The molecule has 0 aromatic heterocycles. The van der Waals surface area contributed by atoms with Gasteiger partial charge in [-0.2, -0.15) is 0 Å². The quantitative estimate of drug-likeness (QED) is 0.677. The molecule has 0 atom stereocenters. The van der Waals surface area contributed by atoms with Crippen molar-refractivity contribution in [1.29, 1.82) is 0 Å². The summed E-state index contributed by atoms with van der Waals surface area (Å²) >= 11 is 0. The van der Waals surface area contributed by atoms with E-state index in [0.717, 1.165) is 42.6 Å². The minimum absolute atomic E-state index is 0.534. The summed E-state index contributed by atoms with van der Waals surface area (Å²) in [5.41, 5.74) is 1.46. The molecule has 0 spiro atoms. The van der Waals surface area contributed by atoms with Gasteiger partial charge in [-0.1, -0.05) is 67.8 Å². The van der Waals surface area contributed by atoms with Gasteiger partial charge in [0.1, 0.15) is 12.4 Å². The predicted octanol–water partition coefficient (Wildman–Crippen LogP) is 5.57. The zero-order chi connectivity index (χ0) is 17.1. The Morgan fingerprint density at radius 1 is 0.800 bits per heavy atom. The Bertz CT molecular complexity index is 863. The van der Waals surface area contributed by atoms with Crippen LogP contribution in [0.4, 0.5) is 0 Å². The van der Waals surface area contributed by atoms with E-state index < -0.39 is 5.60 Å². The Kier molecular flexibility index (Phi) is 4.46. The van der Waals surface area contributed by atoms with E-state index in [1.54, 1.807) is 0 Å². The normalized spacial score (nSPS) is 16.7. The fraction of sp³-hybridized carbons (Fsp3) is 0.304. The Labute approximate surface area is 149 Å². The van der Waals surface area contributed by atoms with Gasteiger partial charge in [-0.25, -0.2) is 0 Å². The molecule has 0 amide bonds. The molecule has 128 valence electrons. The second kappa shape index (κ2) is 6.89. The maximum Gasteiger partial charge on any atom is 0.120 e. The number of aliphatic hydroxyl groups is 1. The minimum Gasteiger partial charge on any atom is -0.489 e. The topological polar surface area (TPSA) is 29.5 Å². The lowest BCUT2D eigenvalue weighted by molar-refractivity contribution is -0.000842. The highest BCUT2D eigenvalue weighted by molar-refractivity contribution is 5.82. The summed E-state index contributed by atoms with van der Waals surface area (Å²) in [4.78, 5) is 0. The SMILES string of the molecule is OC1(c2cccc(OCc3ccc4ccccc4c3)c2)CCCCC1. The predicted molar refractivity (Wildman–Crippen MR) is 102 cm³/mol. The van der Waals surface area contributed by atoms with Gasteiger partial charge in [0.05, 0.1) is 5.60 Å². The molecule has 0 aliphatic heterocycles. The van der Waals surface area contributed by atoms with E-state index >= 15 is 0 Å². The van der Waals surface area contributed by atoms with Crippen molar-refractivity contribution in [3.63, 3.8) is 0 Å². The van der Waals surface area contributed by atoms with Crippen LogP contribution < -0.4 is 4.74 Å². The van der Waals surface area contributed by atoms with E-state index in [9.17, 15) is 5.11 Å². The first-order valence-corrected chi connectivity index (χ1v) is 9.16. The van der Waals surface area contributed by atoms with Crippen molar-refractivity contribution in [2.45, 2.75) is 44.3 Å². The third kappa shape index (κ3) is 3.54. The van der Waals surface area contributed by atoms with E-state index in [0.29, 0.717) is 6.61 Å². The number of benzene rings is 3. The second-order valence-corrected chi connectivity index (χ2v) is 7.09. The van der Waals surface area contributed by atoms with Crippen LogP contribution in [0.1, 0.15) is 43.2 Å². The number of rotatable bonds is 4. The third-order valence-electron chi connectivity index (χ3n) is 5.27. The van der Waals surface area contributed by atoms with Crippen molar-refractivity contribution in [3.05, 3.63) is 77.9 Å². The average molecular weight is 332 g/mol. The number of fused-ring (bicyclic) bond motifs is 1. The first kappa shape index (κ1) is 16.2. The molecule has 3 aromatic carbocycles. The smallest absolute Gasteiger partial charge is 0.120 e. The molecule has 1 fully saturated rings. The van der Waals surface area contributed by atoms with Gasteiger partial charge >= 0.3 is 0 Å². The lowest BCUT2D eigenvalue weighted by Gasteiger charge is -2.32. The van der Waals surface area contributed by atoms with Crippen molar-refractivity contribution in [2.75, 3.05) is 0 Å². The monoisotopic (exact) mass is 332 g/mol. The average Bonchev–Trinajstić information content (AvgIpc) is 2.67. The van der Waals surface area contributed by atoms with E-state index in [2.05, 4.69) is 42.5 Å². The van der Waals surface area contributed by atoms with E-state index in [1.807, 2.05) is 24.3 Å². The lowest BCUT2D eigenvalue weighted by atomic mass is 9.80.